The molecule has 0 unspecified atom stereocenters. The minimum absolute atomic E-state index is 0.0311. The number of carbonyl (C=O) groups is 1. The maximum absolute atomic E-state index is 12.4. The number of hydrogen-bond donors (Lipinski definition) is 1. The lowest BCUT2D eigenvalue weighted by atomic mass is 9.86. The van der Waals surface area contributed by atoms with E-state index >= 15 is 0 Å². The summed E-state index contributed by atoms with van der Waals surface area (Å²) < 4.78 is 7.99. The Labute approximate surface area is 146 Å². The van der Waals surface area contributed by atoms with Gasteiger partial charge < -0.3 is 10.1 Å². The highest BCUT2D eigenvalue weighted by Crippen LogP contribution is 2.46. The number of rotatable bonds is 5. The summed E-state index contributed by atoms with van der Waals surface area (Å²) in [6.45, 7) is 0.648. The summed E-state index contributed by atoms with van der Waals surface area (Å²) in [5.74, 6) is 0.998. The van der Waals surface area contributed by atoms with Crippen molar-refractivity contribution < 1.29 is 9.53 Å². The molecule has 0 saturated heterocycles. The van der Waals surface area contributed by atoms with Crippen LogP contribution in [0.1, 0.15) is 56.6 Å². The number of carbonyl (C=O) groups excluding carboxylic acids is 1. The van der Waals surface area contributed by atoms with Crippen molar-refractivity contribution in [3.8, 4) is 5.75 Å². The van der Waals surface area contributed by atoms with Crippen LogP contribution in [-0.4, -0.2) is 31.7 Å². The smallest absolute Gasteiger partial charge is 0.220 e. The molecule has 1 aromatic heterocycles. The number of ether oxygens (including phenoxy) is 1. The minimum atomic E-state index is -0.0985. The molecule has 25 heavy (non-hydrogen) atoms. The second-order valence-electron chi connectivity index (χ2n) is 7.03. The van der Waals surface area contributed by atoms with E-state index in [0.717, 1.165) is 30.6 Å². The molecule has 1 atom stereocenters. The quantitative estimate of drug-likeness (QED) is 0.903. The van der Waals surface area contributed by atoms with Gasteiger partial charge >= 0.3 is 0 Å². The van der Waals surface area contributed by atoms with Crippen LogP contribution in [-0.2, 0) is 11.3 Å². The van der Waals surface area contributed by atoms with E-state index < -0.39 is 0 Å². The standard InChI is InChI=1S/C18H23N5O2/c24-17(8-5-11-23-13-19-21-22-23)20-15-12-18(9-3-4-10-18)25-16-7-2-1-6-14(15)16/h1-2,6-7,13,15H,3-5,8-12H2,(H,20,24)/t15-/m0/s1. The molecule has 1 amide bonds. The number of fused-ring (bicyclic) bond motifs is 1. The third-order valence-corrected chi connectivity index (χ3v) is 5.23. The first-order valence-electron chi connectivity index (χ1n) is 9.02. The molecular formula is C18H23N5O2. The first-order chi connectivity index (χ1) is 12.2. The van der Waals surface area contributed by atoms with Crippen LogP contribution in [0.3, 0.4) is 0 Å². The molecule has 2 aromatic rings. The Morgan fingerprint density at radius 1 is 1.32 bits per heavy atom. The van der Waals surface area contributed by atoms with E-state index in [1.54, 1.807) is 11.0 Å². The van der Waals surface area contributed by atoms with Gasteiger partial charge in [-0.15, -0.1) is 5.10 Å². The summed E-state index contributed by atoms with van der Waals surface area (Å²) in [7, 11) is 0. The maximum atomic E-state index is 12.4. The molecule has 1 N–H and O–H groups in total. The zero-order chi connectivity index (χ0) is 17.1. The summed E-state index contributed by atoms with van der Waals surface area (Å²) in [5, 5.41) is 14.2. The van der Waals surface area contributed by atoms with Gasteiger partial charge in [0.05, 0.1) is 6.04 Å². The van der Waals surface area contributed by atoms with E-state index in [4.69, 9.17) is 4.74 Å². The Morgan fingerprint density at radius 3 is 2.96 bits per heavy atom. The van der Waals surface area contributed by atoms with E-state index in [1.807, 2.05) is 18.2 Å². The van der Waals surface area contributed by atoms with E-state index in [2.05, 4.69) is 26.9 Å². The minimum Gasteiger partial charge on any atom is -0.487 e. The van der Waals surface area contributed by atoms with Crippen molar-refractivity contribution in [2.24, 2.45) is 0 Å². The molecule has 2 heterocycles. The number of nitrogens with one attached hydrogen (secondary N) is 1. The van der Waals surface area contributed by atoms with Gasteiger partial charge in [0.1, 0.15) is 17.7 Å². The van der Waals surface area contributed by atoms with Crippen LogP contribution >= 0.6 is 0 Å². The van der Waals surface area contributed by atoms with E-state index in [9.17, 15) is 4.79 Å². The predicted molar refractivity (Wildman–Crippen MR) is 90.8 cm³/mol. The zero-order valence-electron chi connectivity index (χ0n) is 14.2. The third kappa shape index (κ3) is 3.50. The number of tetrazole rings is 1. The Bertz CT molecular complexity index is 725. The number of aryl methyl sites for hydroxylation is 1. The average Bonchev–Trinajstić information content (AvgIpc) is 3.27. The lowest BCUT2D eigenvalue weighted by Crippen LogP contribution is -2.43. The highest BCUT2D eigenvalue weighted by molar-refractivity contribution is 5.76. The van der Waals surface area contributed by atoms with Crippen LogP contribution in [0, 0.1) is 0 Å². The van der Waals surface area contributed by atoms with Gasteiger partial charge in [-0.05, 0) is 48.6 Å². The van der Waals surface area contributed by atoms with Crippen molar-refractivity contribution in [3.05, 3.63) is 36.2 Å². The van der Waals surface area contributed by atoms with Crippen molar-refractivity contribution in [1.82, 2.24) is 25.5 Å². The number of amides is 1. The van der Waals surface area contributed by atoms with Crippen LogP contribution < -0.4 is 10.1 Å². The summed E-state index contributed by atoms with van der Waals surface area (Å²) in [4.78, 5) is 12.4. The van der Waals surface area contributed by atoms with Crippen LogP contribution in [0.25, 0.3) is 0 Å². The number of aromatic nitrogens is 4. The molecule has 1 fully saturated rings. The van der Waals surface area contributed by atoms with Gasteiger partial charge in [-0.1, -0.05) is 18.2 Å². The molecule has 1 aliphatic heterocycles. The number of hydrogen-bond acceptors (Lipinski definition) is 5. The van der Waals surface area contributed by atoms with Crippen LogP contribution in [0.15, 0.2) is 30.6 Å². The van der Waals surface area contributed by atoms with Crippen molar-refractivity contribution in [2.45, 2.75) is 63.1 Å². The topological polar surface area (TPSA) is 81.9 Å². The fourth-order valence-electron chi connectivity index (χ4n) is 4.02. The summed E-state index contributed by atoms with van der Waals surface area (Å²) in [5.41, 5.74) is 0.993. The first kappa shape index (κ1) is 16.1. The van der Waals surface area contributed by atoms with E-state index in [-0.39, 0.29) is 17.6 Å². The molecule has 1 spiro atoms. The summed E-state index contributed by atoms with van der Waals surface area (Å²) in [6.07, 6.45) is 8.17. The largest absolute Gasteiger partial charge is 0.487 e. The lowest BCUT2D eigenvalue weighted by molar-refractivity contribution is -0.122. The van der Waals surface area contributed by atoms with Gasteiger partial charge in [0, 0.05) is 24.9 Å². The molecule has 1 saturated carbocycles. The van der Waals surface area contributed by atoms with Gasteiger partial charge in [-0.25, -0.2) is 4.68 Å². The molecule has 0 radical (unpaired) electrons. The SMILES string of the molecule is O=C(CCCn1cnnn1)N[C@H]1CC2(CCCC2)Oc2ccccc21. The molecule has 2 aliphatic rings. The first-order valence-corrected chi connectivity index (χ1v) is 9.02. The maximum Gasteiger partial charge on any atom is 0.220 e. The van der Waals surface area contributed by atoms with Gasteiger partial charge in [0.15, 0.2) is 0 Å². The lowest BCUT2D eigenvalue weighted by Gasteiger charge is -2.40. The number of para-hydroxylation sites is 1. The Hall–Kier alpha value is -2.44. The monoisotopic (exact) mass is 341 g/mol. The van der Waals surface area contributed by atoms with Crippen LogP contribution in [0.5, 0.6) is 5.75 Å². The number of benzene rings is 1. The highest BCUT2D eigenvalue weighted by atomic mass is 16.5. The predicted octanol–water partition coefficient (Wildman–Crippen LogP) is 2.41. The van der Waals surface area contributed by atoms with Crippen LogP contribution in [0.2, 0.25) is 0 Å². The van der Waals surface area contributed by atoms with Crippen molar-refractivity contribution in [3.63, 3.8) is 0 Å². The van der Waals surface area contributed by atoms with Crippen LogP contribution in [0.4, 0.5) is 0 Å². The van der Waals surface area contributed by atoms with Gasteiger partial charge in [0.25, 0.3) is 0 Å². The van der Waals surface area contributed by atoms with Crippen molar-refractivity contribution >= 4 is 5.91 Å². The van der Waals surface area contributed by atoms with E-state index in [1.165, 1.54) is 12.8 Å². The third-order valence-electron chi connectivity index (χ3n) is 5.23. The fourth-order valence-corrected chi connectivity index (χ4v) is 4.02. The second kappa shape index (κ2) is 6.82. The zero-order valence-corrected chi connectivity index (χ0v) is 14.2. The Kier molecular flexibility index (Phi) is 4.38. The highest BCUT2D eigenvalue weighted by Gasteiger charge is 2.43. The van der Waals surface area contributed by atoms with E-state index in [0.29, 0.717) is 19.4 Å². The molecule has 1 aliphatic carbocycles. The second-order valence-corrected chi connectivity index (χ2v) is 7.03. The normalized spacial score (nSPS) is 20.9. The molecule has 7 nitrogen and oxygen atoms in total. The van der Waals surface area contributed by atoms with Gasteiger partial charge in [-0.2, -0.15) is 0 Å². The van der Waals surface area contributed by atoms with Gasteiger partial charge in [-0.3, -0.25) is 4.79 Å². The molecule has 7 heteroatoms. The van der Waals surface area contributed by atoms with Crippen molar-refractivity contribution in [2.75, 3.05) is 0 Å². The Balaban J connectivity index is 1.40. The summed E-state index contributed by atoms with van der Waals surface area (Å²) >= 11 is 0. The molecule has 4 rings (SSSR count). The Morgan fingerprint density at radius 2 is 2.16 bits per heavy atom. The molecule has 0 bridgehead atoms. The molecular weight excluding hydrogens is 318 g/mol. The van der Waals surface area contributed by atoms with Crippen molar-refractivity contribution in [1.29, 1.82) is 0 Å². The summed E-state index contributed by atoms with van der Waals surface area (Å²) in [6, 6.07) is 8.11. The molecule has 1 aromatic carbocycles. The average molecular weight is 341 g/mol. The molecule has 132 valence electrons. The van der Waals surface area contributed by atoms with Gasteiger partial charge in [0.2, 0.25) is 5.91 Å². The number of nitrogens with zero attached hydrogens (tertiary/aromatic N) is 4. The fraction of sp³-hybridized carbons (Fsp3) is 0.556.